The summed E-state index contributed by atoms with van der Waals surface area (Å²) in [6.07, 6.45) is 2.46. The fourth-order valence-corrected chi connectivity index (χ4v) is 9.36. The van der Waals surface area contributed by atoms with Crippen molar-refractivity contribution in [2.45, 2.75) is 13.8 Å². The normalized spacial score (nSPS) is 13.3. The van der Waals surface area contributed by atoms with Gasteiger partial charge in [0, 0.05) is 0 Å². The van der Waals surface area contributed by atoms with Gasteiger partial charge in [-0.2, -0.15) is 0 Å². The van der Waals surface area contributed by atoms with E-state index in [4.69, 9.17) is 16.0 Å². The van der Waals surface area contributed by atoms with E-state index >= 15 is 0 Å². The molecule has 0 radical (unpaired) electrons. The molecule has 0 saturated heterocycles. The van der Waals surface area contributed by atoms with E-state index in [1.165, 1.54) is 0 Å². The summed E-state index contributed by atoms with van der Waals surface area (Å²) in [5.74, 6) is -3.68. The number of allylic oxidation sites excluding steroid dienone is 1. The molecule has 0 saturated carbocycles. The molecule has 0 unspecified atom stereocenters. The molecule has 2 nitrogen and oxygen atoms in total. The maximum atomic E-state index is 12.3. The molecule has 0 fully saturated rings. The molecule has 29 heavy (non-hydrogen) atoms. The number of hydrogen-bond acceptors (Lipinski definition) is 2. The molecule has 0 aliphatic carbocycles. The summed E-state index contributed by atoms with van der Waals surface area (Å²) in [5, 5.41) is 3.22. The topological polar surface area (TPSA) is 26.3 Å². The number of carbonyl (C=O) groups is 1. The number of rotatable bonds is 7. The van der Waals surface area contributed by atoms with Gasteiger partial charge in [-0.3, -0.25) is 0 Å². The van der Waals surface area contributed by atoms with E-state index in [9.17, 15) is 4.79 Å². The Kier molecular flexibility index (Phi) is 6.57. The summed E-state index contributed by atoms with van der Waals surface area (Å²) in [4.78, 5) is 12.3. The molecule has 3 aromatic carbocycles. The average molecular weight is 425 g/mol. The molecule has 150 valence electrons. The van der Waals surface area contributed by atoms with Crippen LogP contribution in [-0.2, 0) is 9.53 Å². The van der Waals surface area contributed by atoms with Crippen molar-refractivity contribution < 1.29 is 9.53 Å². The van der Waals surface area contributed by atoms with Crippen LogP contribution in [0.2, 0.25) is 0 Å². The maximum absolute atomic E-state index is 12.3. The molecular weight excluding hydrogens is 399 g/mol. The summed E-state index contributed by atoms with van der Waals surface area (Å²) in [6, 6.07) is 30.7. The van der Waals surface area contributed by atoms with Crippen LogP contribution >= 0.6 is 17.2 Å². The Bertz CT molecular complexity index is 886. The zero-order chi connectivity index (χ0) is 20.8. The minimum atomic E-state index is -3.38. The molecule has 3 rings (SSSR count). The summed E-state index contributed by atoms with van der Waals surface area (Å²) in [6.45, 7) is 3.95. The first-order valence-corrected chi connectivity index (χ1v) is 13.1. The third-order valence-electron chi connectivity index (χ3n) is 5.22. The molecule has 4 heteroatoms. The van der Waals surface area contributed by atoms with Gasteiger partial charge in [0.15, 0.2) is 0 Å². The molecule has 0 heterocycles. The molecule has 0 N–H and O–H groups in total. The molecule has 0 aliphatic heterocycles. The first-order chi connectivity index (χ1) is 14.0. The van der Waals surface area contributed by atoms with Crippen LogP contribution in [0.5, 0.6) is 0 Å². The van der Waals surface area contributed by atoms with Crippen LogP contribution in [0, 0.1) is 0 Å². The van der Waals surface area contributed by atoms with Gasteiger partial charge < -0.3 is 0 Å². The number of ether oxygens (including phenoxy) is 1. The van der Waals surface area contributed by atoms with E-state index < -0.39 is 5.96 Å². The number of carbonyl (C=O) groups excluding carboxylic acids is 1. The van der Waals surface area contributed by atoms with Crippen molar-refractivity contribution in [3.05, 3.63) is 103 Å². The number of hydrogen-bond donors (Lipinski definition) is 0. The van der Waals surface area contributed by atoms with Gasteiger partial charge in [-0.15, -0.1) is 0 Å². The Balaban J connectivity index is 2.30. The second-order valence-electron chi connectivity index (χ2n) is 6.98. The van der Waals surface area contributed by atoms with Crippen molar-refractivity contribution in [1.29, 1.82) is 0 Å². The molecule has 0 bridgehead atoms. The molecule has 0 aromatic heterocycles. The van der Waals surface area contributed by atoms with Gasteiger partial charge in [0.05, 0.1) is 0 Å². The summed E-state index contributed by atoms with van der Waals surface area (Å²) < 4.78 is 5.18. The van der Waals surface area contributed by atoms with Gasteiger partial charge in [0.2, 0.25) is 0 Å². The minimum absolute atomic E-state index is 0.302. The van der Waals surface area contributed by atoms with E-state index in [2.05, 4.69) is 36.4 Å². The Hall–Kier alpha value is -2.41. The van der Waals surface area contributed by atoms with Crippen molar-refractivity contribution in [2.24, 2.45) is 0 Å². The van der Waals surface area contributed by atoms with Crippen molar-refractivity contribution >= 4 is 39.1 Å². The predicted octanol–water partition coefficient (Wildman–Crippen LogP) is 5.18. The van der Waals surface area contributed by atoms with E-state index in [1.807, 2.05) is 67.6 Å². The number of esters is 1. The second kappa shape index (κ2) is 8.95. The number of benzene rings is 3. The SMILES string of the molecule is CCOC(=O)/C(C)=C/CP(Cl)(c1ccccc1)(c1ccccc1)c1ccccc1. The fraction of sp³-hybridized carbons (Fsp3) is 0.160. The van der Waals surface area contributed by atoms with Crippen LogP contribution in [0.1, 0.15) is 13.8 Å². The van der Waals surface area contributed by atoms with Crippen LogP contribution in [0.4, 0.5) is 0 Å². The molecule has 0 atom stereocenters. The third kappa shape index (κ3) is 4.01. The Morgan fingerprint density at radius 3 is 1.55 bits per heavy atom. The van der Waals surface area contributed by atoms with Gasteiger partial charge in [0.1, 0.15) is 0 Å². The van der Waals surface area contributed by atoms with E-state index in [1.54, 1.807) is 6.92 Å². The zero-order valence-corrected chi connectivity index (χ0v) is 18.4. The number of halogens is 1. The van der Waals surface area contributed by atoms with Crippen LogP contribution in [0.25, 0.3) is 0 Å². The van der Waals surface area contributed by atoms with Gasteiger partial charge in [-0.25, -0.2) is 0 Å². The van der Waals surface area contributed by atoms with Crippen molar-refractivity contribution in [3.8, 4) is 0 Å². The zero-order valence-electron chi connectivity index (χ0n) is 16.8. The Labute approximate surface area is 177 Å². The third-order valence-corrected chi connectivity index (χ3v) is 12.4. The Morgan fingerprint density at radius 1 is 0.828 bits per heavy atom. The predicted molar refractivity (Wildman–Crippen MR) is 126 cm³/mol. The first-order valence-electron chi connectivity index (χ1n) is 9.74. The van der Waals surface area contributed by atoms with Gasteiger partial charge in [-0.1, -0.05) is 0 Å². The standard InChI is InChI=1S/C25H26ClO2P/c1-3-28-25(27)21(2)19-20-29(26,22-13-7-4-8-14-22,23-15-9-5-10-16-23)24-17-11-6-12-18-24/h4-19H,3,20H2,1-2H3/b21-19+. The average Bonchev–Trinajstić information content (AvgIpc) is 2.79. The van der Waals surface area contributed by atoms with Gasteiger partial charge >= 0.3 is 178 Å². The van der Waals surface area contributed by atoms with Crippen LogP contribution in [-0.4, -0.2) is 18.7 Å². The van der Waals surface area contributed by atoms with Crippen molar-refractivity contribution in [2.75, 3.05) is 12.8 Å². The van der Waals surface area contributed by atoms with Crippen LogP contribution in [0.3, 0.4) is 0 Å². The van der Waals surface area contributed by atoms with Crippen molar-refractivity contribution in [3.63, 3.8) is 0 Å². The summed E-state index contributed by atoms with van der Waals surface area (Å²) in [7, 11) is 0. The van der Waals surface area contributed by atoms with Gasteiger partial charge in [0.25, 0.3) is 0 Å². The van der Waals surface area contributed by atoms with E-state index in [0.29, 0.717) is 18.3 Å². The molecule has 0 aliphatic rings. The summed E-state index contributed by atoms with van der Waals surface area (Å²) in [5.41, 5.74) is 0.573. The Morgan fingerprint density at radius 2 is 1.21 bits per heavy atom. The summed E-state index contributed by atoms with van der Waals surface area (Å²) >= 11 is 7.93. The molecule has 0 spiro atoms. The van der Waals surface area contributed by atoms with Gasteiger partial charge in [-0.05, 0) is 0 Å². The van der Waals surface area contributed by atoms with Crippen molar-refractivity contribution in [1.82, 2.24) is 0 Å². The quantitative estimate of drug-likeness (QED) is 0.297. The molecular formula is C25H26ClO2P. The van der Waals surface area contributed by atoms with Crippen LogP contribution in [0.15, 0.2) is 103 Å². The van der Waals surface area contributed by atoms with Crippen LogP contribution < -0.4 is 15.9 Å². The fourth-order valence-electron chi connectivity index (χ4n) is 3.62. The first kappa shape index (κ1) is 21.3. The van der Waals surface area contributed by atoms with E-state index in [-0.39, 0.29) is 5.97 Å². The molecule has 3 aromatic rings. The van der Waals surface area contributed by atoms with E-state index in [0.717, 1.165) is 15.9 Å². The second-order valence-corrected chi connectivity index (χ2v) is 13.5. The monoisotopic (exact) mass is 424 g/mol. The molecule has 0 amide bonds.